The van der Waals surface area contributed by atoms with Crippen molar-refractivity contribution in [1.82, 2.24) is 20.9 Å². The zero-order valence-corrected chi connectivity index (χ0v) is 24.1. The van der Waals surface area contributed by atoms with Gasteiger partial charge in [-0.15, -0.1) is 0 Å². The minimum atomic E-state index is -1.36. The summed E-state index contributed by atoms with van der Waals surface area (Å²) in [6.45, 7) is 13.2. The number of hydrogen-bond acceptors (Lipinski definition) is 6. The molecule has 1 heterocycles. The molecular formula is C28H48N4O6. The van der Waals surface area contributed by atoms with Crippen LogP contribution < -0.4 is 16.0 Å². The van der Waals surface area contributed by atoms with Crippen LogP contribution in [0.2, 0.25) is 0 Å². The molecule has 0 aromatic rings. The number of likely N-dealkylation sites (tertiary alicyclic amines) is 1. The number of amides is 4. The van der Waals surface area contributed by atoms with Crippen molar-refractivity contribution in [2.75, 3.05) is 6.54 Å². The second-order valence-corrected chi connectivity index (χ2v) is 13.4. The Morgan fingerprint density at radius 2 is 1.66 bits per heavy atom. The van der Waals surface area contributed by atoms with Gasteiger partial charge in [0.15, 0.2) is 6.10 Å². The maximum Gasteiger partial charge on any atom is 0.408 e. The number of nitrogens with one attached hydrogen (secondary N) is 3. The summed E-state index contributed by atoms with van der Waals surface area (Å²) >= 11 is 0. The quantitative estimate of drug-likeness (QED) is 0.357. The van der Waals surface area contributed by atoms with Gasteiger partial charge in [-0.05, 0) is 70.1 Å². The lowest BCUT2D eigenvalue weighted by molar-refractivity contribution is -0.144. The maximum absolute atomic E-state index is 14.0. The summed E-state index contributed by atoms with van der Waals surface area (Å²) in [5, 5.41) is 19.2. The highest BCUT2D eigenvalue weighted by atomic mass is 16.6. The van der Waals surface area contributed by atoms with Gasteiger partial charge in [-0.1, -0.05) is 40.5 Å². The lowest BCUT2D eigenvalue weighted by Gasteiger charge is -2.37. The predicted octanol–water partition coefficient (Wildman–Crippen LogP) is 2.48. The Balaban J connectivity index is 1.80. The van der Waals surface area contributed by atoms with Gasteiger partial charge in [0, 0.05) is 12.6 Å². The van der Waals surface area contributed by atoms with Crippen molar-refractivity contribution in [3.8, 4) is 0 Å². The minimum absolute atomic E-state index is 0.000745. The van der Waals surface area contributed by atoms with E-state index in [0.29, 0.717) is 19.4 Å². The van der Waals surface area contributed by atoms with Gasteiger partial charge < -0.3 is 30.7 Å². The van der Waals surface area contributed by atoms with Gasteiger partial charge in [0.05, 0.1) is 6.04 Å². The van der Waals surface area contributed by atoms with Crippen LogP contribution in [-0.2, 0) is 19.1 Å². The monoisotopic (exact) mass is 536 g/mol. The van der Waals surface area contributed by atoms with Gasteiger partial charge in [0.25, 0.3) is 5.91 Å². The number of carbonyl (C=O) groups excluding carboxylic acids is 4. The zero-order chi connectivity index (χ0) is 28.4. The van der Waals surface area contributed by atoms with Crippen molar-refractivity contribution < 1.29 is 29.0 Å². The summed E-state index contributed by atoms with van der Waals surface area (Å²) in [4.78, 5) is 54.5. The lowest BCUT2D eigenvalue weighted by Crippen LogP contribution is -2.60. The zero-order valence-electron chi connectivity index (χ0n) is 24.1. The first-order valence-electron chi connectivity index (χ1n) is 14.2. The fourth-order valence-electron chi connectivity index (χ4n) is 5.69. The second kappa shape index (κ2) is 11.8. The molecule has 4 amide bonds. The molecule has 1 saturated heterocycles. The van der Waals surface area contributed by atoms with Crippen molar-refractivity contribution >= 4 is 23.8 Å². The SMILES string of the molecule is CCC[C@H](NC(=O)[C@@H]1[C@H]2CCC[C@H]2CN1C(=O)[C@@H](NC(=O)OC(C)(C)C)C(C)(C)C)C(O)C(=O)NC1CC1. The van der Waals surface area contributed by atoms with Crippen molar-refractivity contribution in [3.05, 3.63) is 0 Å². The van der Waals surface area contributed by atoms with E-state index < -0.39 is 47.2 Å². The van der Waals surface area contributed by atoms with Crippen LogP contribution in [-0.4, -0.2) is 76.2 Å². The van der Waals surface area contributed by atoms with Gasteiger partial charge in [0.2, 0.25) is 11.8 Å². The van der Waals surface area contributed by atoms with E-state index in [4.69, 9.17) is 4.74 Å². The first-order valence-corrected chi connectivity index (χ1v) is 14.2. The fourth-order valence-corrected chi connectivity index (χ4v) is 5.69. The second-order valence-electron chi connectivity index (χ2n) is 13.4. The van der Waals surface area contributed by atoms with Crippen LogP contribution in [0.1, 0.15) is 93.4 Å². The summed E-state index contributed by atoms with van der Waals surface area (Å²) in [7, 11) is 0. The number of alkyl carbamates (subject to hydrolysis) is 1. The molecular weight excluding hydrogens is 488 g/mol. The summed E-state index contributed by atoms with van der Waals surface area (Å²) in [6.07, 6.45) is 3.62. The van der Waals surface area contributed by atoms with Crippen molar-refractivity contribution in [2.45, 2.75) is 129 Å². The van der Waals surface area contributed by atoms with Crippen molar-refractivity contribution in [2.24, 2.45) is 17.3 Å². The molecule has 3 rings (SSSR count). The molecule has 0 bridgehead atoms. The number of nitrogens with zero attached hydrogens (tertiary/aromatic N) is 1. The van der Waals surface area contributed by atoms with Crippen LogP contribution in [0.4, 0.5) is 4.79 Å². The van der Waals surface area contributed by atoms with E-state index in [0.717, 1.165) is 32.1 Å². The van der Waals surface area contributed by atoms with E-state index in [1.54, 1.807) is 25.7 Å². The molecule has 2 aliphatic carbocycles. The molecule has 0 aromatic heterocycles. The highest BCUT2D eigenvalue weighted by Crippen LogP contribution is 2.43. The van der Waals surface area contributed by atoms with E-state index >= 15 is 0 Å². The Hall–Kier alpha value is -2.36. The normalized spacial score (nSPS) is 25.7. The van der Waals surface area contributed by atoms with E-state index in [1.165, 1.54) is 0 Å². The van der Waals surface area contributed by atoms with Crippen molar-refractivity contribution in [1.29, 1.82) is 0 Å². The predicted molar refractivity (Wildman–Crippen MR) is 143 cm³/mol. The van der Waals surface area contributed by atoms with Gasteiger partial charge in [-0.3, -0.25) is 14.4 Å². The molecule has 4 N–H and O–H groups in total. The number of aliphatic hydroxyl groups is 1. The third kappa shape index (κ3) is 7.61. The molecule has 3 fully saturated rings. The molecule has 216 valence electrons. The molecule has 1 unspecified atom stereocenters. The molecule has 6 atom stereocenters. The topological polar surface area (TPSA) is 137 Å². The first kappa shape index (κ1) is 30.2. The molecule has 0 aromatic carbocycles. The number of carbonyl (C=O) groups is 4. The summed E-state index contributed by atoms with van der Waals surface area (Å²) < 4.78 is 5.42. The number of fused-ring (bicyclic) bond motifs is 1. The molecule has 1 aliphatic heterocycles. The van der Waals surface area contributed by atoms with Gasteiger partial charge >= 0.3 is 6.09 Å². The van der Waals surface area contributed by atoms with Crippen LogP contribution in [0, 0.1) is 17.3 Å². The minimum Gasteiger partial charge on any atom is -0.444 e. The third-order valence-corrected chi connectivity index (χ3v) is 7.72. The molecule has 2 saturated carbocycles. The highest BCUT2D eigenvalue weighted by Gasteiger charge is 2.52. The fraction of sp³-hybridized carbons (Fsp3) is 0.857. The average molecular weight is 537 g/mol. The largest absolute Gasteiger partial charge is 0.444 e. The molecule has 0 spiro atoms. The molecule has 3 aliphatic rings. The Labute approximate surface area is 227 Å². The van der Waals surface area contributed by atoms with Crippen LogP contribution in [0.3, 0.4) is 0 Å². The number of hydrogen-bond donors (Lipinski definition) is 4. The Morgan fingerprint density at radius 3 is 2.21 bits per heavy atom. The average Bonchev–Trinajstić information content (AvgIpc) is 3.35. The van der Waals surface area contributed by atoms with Crippen LogP contribution in [0.5, 0.6) is 0 Å². The Kier molecular flexibility index (Phi) is 9.37. The van der Waals surface area contributed by atoms with E-state index in [9.17, 15) is 24.3 Å². The summed E-state index contributed by atoms with van der Waals surface area (Å²) in [5.41, 5.74) is -1.35. The molecule has 10 nitrogen and oxygen atoms in total. The third-order valence-electron chi connectivity index (χ3n) is 7.72. The molecule has 38 heavy (non-hydrogen) atoms. The van der Waals surface area contributed by atoms with Gasteiger partial charge in [-0.2, -0.15) is 0 Å². The molecule has 10 heteroatoms. The summed E-state index contributed by atoms with van der Waals surface area (Å²) in [6, 6.07) is -2.27. The van der Waals surface area contributed by atoms with Gasteiger partial charge in [0.1, 0.15) is 17.7 Å². The van der Waals surface area contributed by atoms with E-state index in [1.807, 2.05) is 27.7 Å². The smallest absolute Gasteiger partial charge is 0.408 e. The maximum atomic E-state index is 14.0. The molecule has 0 radical (unpaired) electrons. The van der Waals surface area contributed by atoms with Crippen LogP contribution in [0.15, 0.2) is 0 Å². The Morgan fingerprint density at radius 1 is 1.00 bits per heavy atom. The number of ether oxygens (including phenoxy) is 1. The number of aliphatic hydroxyl groups excluding tert-OH is 1. The van der Waals surface area contributed by atoms with E-state index in [2.05, 4.69) is 16.0 Å². The van der Waals surface area contributed by atoms with Crippen LogP contribution in [0.25, 0.3) is 0 Å². The lowest BCUT2D eigenvalue weighted by atomic mass is 9.85. The van der Waals surface area contributed by atoms with Gasteiger partial charge in [-0.25, -0.2) is 4.79 Å². The van der Waals surface area contributed by atoms with E-state index in [-0.39, 0.29) is 29.7 Å². The van der Waals surface area contributed by atoms with Crippen molar-refractivity contribution in [3.63, 3.8) is 0 Å². The standard InChI is InChI=1S/C28H48N4O6/c1-8-10-19(21(33)24(35)29-17-13-14-17)30-23(34)20-18-12-9-11-16(18)15-32(20)25(36)22(27(2,3)4)31-26(37)38-28(5,6)7/h16-22,33H,8-15H2,1-7H3,(H,29,35)(H,30,34)(H,31,37)/t16-,18-,19-,20-,21?,22+/m0/s1. The highest BCUT2D eigenvalue weighted by molar-refractivity contribution is 5.93. The summed E-state index contributed by atoms with van der Waals surface area (Å²) in [5.74, 6) is -0.949. The Bertz CT molecular complexity index is 891. The first-order chi connectivity index (χ1) is 17.6. The number of rotatable bonds is 9. The van der Waals surface area contributed by atoms with Crippen LogP contribution >= 0.6 is 0 Å².